The Bertz CT molecular complexity index is 2760. The molecule has 0 spiro atoms. The van der Waals surface area contributed by atoms with Crippen molar-refractivity contribution in [1.29, 1.82) is 0 Å². The lowest BCUT2D eigenvalue weighted by Gasteiger charge is -2.21. The number of nitrogens with zero attached hydrogens (tertiary/aromatic N) is 5. The van der Waals surface area contributed by atoms with Crippen molar-refractivity contribution in [3.8, 4) is 16.9 Å². The maximum absolute atomic E-state index is 16.2. The highest BCUT2D eigenvalue weighted by atomic mass is 32.2. The third-order valence-corrected chi connectivity index (χ3v) is 10.9. The van der Waals surface area contributed by atoms with E-state index in [1.165, 1.54) is 38.1 Å². The van der Waals surface area contributed by atoms with E-state index in [0.717, 1.165) is 5.56 Å². The number of fused-ring (bicyclic) bond motifs is 2. The molecule has 2 aliphatic heterocycles. The zero-order valence-corrected chi connectivity index (χ0v) is 29.8. The molecule has 2 fully saturated rings. The summed E-state index contributed by atoms with van der Waals surface area (Å²) in [5, 5.41) is 9.73. The molecule has 2 aromatic heterocycles. The summed E-state index contributed by atoms with van der Waals surface area (Å²) in [5.74, 6) is -3.20. The van der Waals surface area contributed by atoms with Gasteiger partial charge in [-0.25, -0.2) is 18.2 Å². The van der Waals surface area contributed by atoms with Crippen LogP contribution < -0.4 is 30.1 Å². The number of carbonyl (C=O) groups is 4. The summed E-state index contributed by atoms with van der Waals surface area (Å²) < 4.78 is 54.3. The van der Waals surface area contributed by atoms with Crippen LogP contribution in [0.15, 0.2) is 90.0 Å². The van der Waals surface area contributed by atoms with Gasteiger partial charge in [-0.1, -0.05) is 36.4 Å². The summed E-state index contributed by atoms with van der Waals surface area (Å²) in [6.45, 7) is -0.823. The van der Waals surface area contributed by atoms with Crippen molar-refractivity contribution in [3.63, 3.8) is 0 Å². The van der Waals surface area contributed by atoms with Crippen molar-refractivity contribution in [1.82, 2.24) is 29.0 Å². The smallest absolute Gasteiger partial charge is 0.329 e. The summed E-state index contributed by atoms with van der Waals surface area (Å²) in [5.41, 5.74) is 2.72. The second-order valence-corrected chi connectivity index (χ2v) is 14.7. The number of aromatic nitrogens is 4. The Morgan fingerprint density at radius 2 is 1.78 bits per heavy atom. The average molecular weight is 767 g/mol. The summed E-state index contributed by atoms with van der Waals surface area (Å²) in [6.07, 6.45) is 3.58. The van der Waals surface area contributed by atoms with Gasteiger partial charge in [0.25, 0.3) is 5.91 Å². The first-order valence-electron chi connectivity index (χ1n) is 17.0. The molecule has 16 nitrogen and oxygen atoms in total. The largest absolute Gasteiger partial charge is 0.487 e. The van der Waals surface area contributed by atoms with Crippen LogP contribution in [0.2, 0.25) is 0 Å². The summed E-state index contributed by atoms with van der Waals surface area (Å²) in [7, 11) is -2.77. The van der Waals surface area contributed by atoms with Crippen molar-refractivity contribution >= 4 is 67.0 Å². The van der Waals surface area contributed by atoms with E-state index in [0.29, 0.717) is 37.5 Å². The average Bonchev–Trinajstić information content (AvgIpc) is 3.80. The van der Waals surface area contributed by atoms with E-state index < -0.39 is 57.7 Å². The van der Waals surface area contributed by atoms with Gasteiger partial charge in [0.05, 0.1) is 17.2 Å². The van der Waals surface area contributed by atoms with Crippen LogP contribution in [-0.2, 0) is 49.6 Å². The van der Waals surface area contributed by atoms with E-state index in [1.807, 2.05) is 10.8 Å². The number of carbonyl (C=O) groups excluding carboxylic acids is 4. The predicted molar refractivity (Wildman–Crippen MR) is 198 cm³/mol. The number of amides is 4. The lowest BCUT2D eigenvalue weighted by Crippen LogP contribution is -2.44. The van der Waals surface area contributed by atoms with Crippen molar-refractivity contribution in [2.45, 2.75) is 32.0 Å². The number of anilines is 2. The van der Waals surface area contributed by atoms with Crippen LogP contribution in [0.3, 0.4) is 0 Å². The second-order valence-electron chi connectivity index (χ2n) is 13.1. The van der Waals surface area contributed by atoms with E-state index in [2.05, 4.69) is 15.7 Å². The molecule has 280 valence electrons. The Morgan fingerprint density at radius 1 is 0.982 bits per heavy atom. The summed E-state index contributed by atoms with van der Waals surface area (Å²) >= 11 is 0. The number of aryl methyl sites for hydroxylation is 1. The van der Waals surface area contributed by atoms with Crippen LogP contribution >= 0.6 is 0 Å². The minimum absolute atomic E-state index is 0.0164. The van der Waals surface area contributed by atoms with E-state index in [9.17, 15) is 32.4 Å². The number of hydrogen-bond donors (Lipinski definition) is 3. The number of piperidine rings is 1. The first-order valence-corrected chi connectivity index (χ1v) is 18.4. The van der Waals surface area contributed by atoms with E-state index in [-0.39, 0.29) is 43.0 Å². The van der Waals surface area contributed by atoms with Gasteiger partial charge in [0, 0.05) is 36.3 Å². The number of halogens is 1. The van der Waals surface area contributed by atoms with Crippen LogP contribution in [-0.4, -0.2) is 57.5 Å². The molecule has 1 atom stereocenters. The Hall–Kier alpha value is -6.82. The molecule has 4 heterocycles. The zero-order chi connectivity index (χ0) is 38.6. The van der Waals surface area contributed by atoms with Gasteiger partial charge in [-0.05, 0) is 59.3 Å². The van der Waals surface area contributed by atoms with Gasteiger partial charge in [-0.3, -0.25) is 38.3 Å². The summed E-state index contributed by atoms with van der Waals surface area (Å²) in [4.78, 5) is 62.6. The molecule has 4 aromatic carbocycles. The number of hydrogen-bond acceptors (Lipinski definition) is 9. The quantitative estimate of drug-likeness (QED) is 0.186. The van der Waals surface area contributed by atoms with Crippen LogP contribution in [0.1, 0.15) is 24.4 Å². The Kier molecular flexibility index (Phi) is 8.68. The van der Waals surface area contributed by atoms with Gasteiger partial charge in [0.2, 0.25) is 17.7 Å². The fraction of sp³-hybridized carbons (Fsp3) is 0.189. The normalized spacial score (nSPS) is 16.7. The first kappa shape index (κ1) is 35.2. The number of imidazole rings is 1. The maximum atomic E-state index is 16.2. The third kappa shape index (κ3) is 6.56. The molecule has 3 N–H and O–H groups in total. The standard InChI is InChI=1S/C37H31FN8O8S/c1-43-29-14-22(7-10-27(29)46(37(43)51)28-11-12-31(47)41-36(28)50)24-16-39-44(17-24)18-32(48)40-25-8-9-26-23(13-25)15-30(54-20-21-5-3-2-4-6-21)35(34(26)38)45-19-33(49)42-55(45,52)53/h2-10,13-17,28H,11-12,18-20H2,1H3,(H,40,48)(H,42,49)(H,41,47,50). The maximum Gasteiger partial charge on any atom is 0.329 e. The van der Waals surface area contributed by atoms with E-state index >= 15 is 4.39 Å². The SMILES string of the molecule is Cn1c(=O)n(C2CCC(=O)NC2=O)c2ccc(-c3cnn(CC(=O)Nc4ccc5c(F)c(N6CC(=O)NS6(=O)=O)c(OCc6ccccc6)cc5c4)c3)cc21. The predicted octanol–water partition coefficient (Wildman–Crippen LogP) is 2.87. The van der Waals surface area contributed by atoms with Gasteiger partial charge >= 0.3 is 15.9 Å². The molecule has 18 heteroatoms. The second kappa shape index (κ2) is 13.5. The van der Waals surface area contributed by atoms with Gasteiger partial charge in [-0.2, -0.15) is 13.5 Å². The zero-order valence-electron chi connectivity index (χ0n) is 29.0. The minimum Gasteiger partial charge on any atom is -0.487 e. The van der Waals surface area contributed by atoms with Crippen LogP contribution in [0.5, 0.6) is 5.75 Å². The van der Waals surface area contributed by atoms with E-state index in [1.54, 1.807) is 61.9 Å². The van der Waals surface area contributed by atoms with Crippen LogP contribution in [0.4, 0.5) is 15.8 Å². The monoisotopic (exact) mass is 766 g/mol. The molecule has 0 aliphatic carbocycles. The van der Waals surface area contributed by atoms with Gasteiger partial charge in [0.1, 0.15) is 37.2 Å². The topological polar surface area (TPSA) is 196 Å². The fourth-order valence-corrected chi connectivity index (χ4v) is 8.01. The molecule has 0 radical (unpaired) electrons. The number of nitrogens with one attached hydrogen (secondary N) is 3. The Labute approximate surface area is 311 Å². The fourth-order valence-electron chi connectivity index (χ4n) is 6.85. The van der Waals surface area contributed by atoms with Gasteiger partial charge in [0.15, 0.2) is 5.82 Å². The molecule has 0 saturated carbocycles. The molecule has 2 aliphatic rings. The van der Waals surface area contributed by atoms with Crippen molar-refractivity contribution < 1.29 is 36.7 Å². The lowest BCUT2D eigenvalue weighted by atomic mass is 10.1. The Balaban J connectivity index is 1.02. The lowest BCUT2D eigenvalue weighted by molar-refractivity contribution is -0.135. The highest BCUT2D eigenvalue weighted by molar-refractivity contribution is 7.92. The summed E-state index contributed by atoms with van der Waals surface area (Å²) in [6, 6.07) is 19.3. The van der Waals surface area contributed by atoms with Crippen molar-refractivity contribution in [2.75, 3.05) is 16.2 Å². The number of benzene rings is 4. The molecule has 0 bridgehead atoms. The molecular weight excluding hydrogens is 736 g/mol. The van der Waals surface area contributed by atoms with Gasteiger partial charge < -0.3 is 10.1 Å². The number of imide groups is 1. The van der Waals surface area contributed by atoms with Crippen LogP contribution in [0, 0.1) is 5.82 Å². The Morgan fingerprint density at radius 3 is 2.53 bits per heavy atom. The number of ether oxygens (including phenoxy) is 1. The highest BCUT2D eigenvalue weighted by Gasteiger charge is 2.38. The van der Waals surface area contributed by atoms with Crippen molar-refractivity contribution in [3.05, 3.63) is 107 Å². The van der Waals surface area contributed by atoms with Crippen LogP contribution in [0.25, 0.3) is 32.9 Å². The first-order chi connectivity index (χ1) is 26.4. The molecule has 4 amide bonds. The molecule has 6 aromatic rings. The van der Waals surface area contributed by atoms with E-state index in [4.69, 9.17) is 4.74 Å². The third-order valence-electron chi connectivity index (χ3n) is 9.49. The molecule has 8 rings (SSSR count). The van der Waals surface area contributed by atoms with Crippen molar-refractivity contribution in [2.24, 2.45) is 7.05 Å². The molecule has 55 heavy (non-hydrogen) atoms. The number of rotatable bonds is 9. The molecular formula is C37H31FN8O8S. The van der Waals surface area contributed by atoms with Gasteiger partial charge in [-0.15, -0.1) is 0 Å². The molecule has 1 unspecified atom stereocenters. The minimum atomic E-state index is -4.36. The highest BCUT2D eigenvalue weighted by Crippen LogP contribution is 2.40. The molecule has 2 saturated heterocycles.